The molecule has 4 nitrogen and oxygen atoms in total. The molecule has 1 atom stereocenters. The van der Waals surface area contributed by atoms with Crippen LogP contribution in [-0.4, -0.2) is 22.8 Å². The van der Waals surface area contributed by atoms with Crippen LogP contribution >= 0.6 is 0 Å². The third kappa shape index (κ3) is 3.81. The van der Waals surface area contributed by atoms with Crippen molar-refractivity contribution in [2.45, 2.75) is 72.0 Å². The quantitative estimate of drug-likeness (QED) is 0.810. The van der Waals surface area contributed by atoms with Gasteiger partial charge in [0.25, 0.3) is 0 Å². The van der Waals surface area contributed by atoms with Crippen molar-refractivity contribution in [3.05, 3.63) is 34.9 Å². The molecule has 1 N–H and O–H groups in total. The molecule has 23 heavy (non-hydrogen) atoms. The number of carbonyl (C=O) groups is 2. The Labute approximate surface area is 139 Å². The number of hydrogen-bond acceptors (Lipinski definition) is 3. The SMILES string of the molecule is CC.CC(C)(C)c1ccc2c(c1)CN(C1CCC(=O)NC1=O)C2. The van der Waals surface area contributed by atoms with Gasteiger partial charge < -0.3 is 0 Å². The van der Waals surface area contributed by atoms with E-state index >= 15 is 0 Å². The summed E-state index contributed by atoms with van der Waals surface area (Å²) in [7, 11) is 0. The van der Waals surface area contributed by atoms with Crippen molar-refractivity contribution in [1.29, 1.82) is 0 Å². The van der Waals surface area contributed by atoms with Crippen LogP contribution in [0.3, 0.4) is 0 Å². The lowest BCUT2D eigenvalue weighted by atomic mass is 9.85. The number of piperidine rings is 1. The Morgan fingerprint density at radius 3 is 2.35 bits per heavy atom. The lowest BCUT2D eigenvalue weighted by molar-refractivity contribution is -0.137. The highest BCUT2D eigenvalue weighted by atomic mass is 16.2. The molecule has 1 aromatic carbocycles. The van der Waals surface area contributed by atoms with Crippen molar-refractivity contribution in [3.63, 3.8) is 0 Å². The average Bonchev–Trinajstić information content (AvgIpc) is 2.91. The number of fused-ring (bicyclic) bond motifs is 1. The van der Waals surface area contributed by atoms with Gasteiger partial charge in [-0.25, -0.2) is 0 Å². The van der Waals surface area contributed by atoms with Crippen LogP contribution in [0.5, 0.6) is 0 Å². The zero-order chi connectivity index (χ0) is 17.2. The number of carbonyl (C=O) groups excluding carboxylic acids is 2. The molecule has 0 aliphatic carbocycles. The van der Waals surface area contributed by atoms with Gasteiger partial charge in [0.05, 0.1) is 6.04 Å². The highest BCUT2D eigenvalue weighted by Crippen LogP contribution is 2.31. The molecule has 2 heterocycles. The van der Waals surface area contributed by atoms with Crippen LogP contribution < -0.4 is 5.32 Å². The van der Waals surface area contributed by atoms with Crippen molar-refractivity contribution in [1.82, 2.24) is 10.2 Å². The molecular formula is C19H28N2O2. The molecule has 1 fully saturated rings. The number of nitrogens with zero attached hydrogens (tertiary/aromatic N) is 1. The highest BCUT2D eigenvalue weighted by Gasteiger charge is 2.34. The second-order valence-electron chi connectivity index (χ2n) is 7.11. The molecule has 3 rings (SSSR count). The molecule has 1 unspecified atom stereocenters. The second-order valence-corrected chi connectivity index (χ2v) is 7.11. The second kappa shape index (κ2) is 6.83. The number of benzene rings is 1. The number of rotatable bonds is 1. The minimum absolute atomic E-state index is 0.136. The Bertz CT molecular complexity index is 602. The van der Waals surface area contributed by atoms with Crippen LogP contribution in [0.1, 0.15) is 64.2 Å². The maximum absolute atomic E-state index is 12.0. The Kier molecular flexibility index (Phi) is 5.25. The fraction of sp³-hybridized carbons (Fsp3) is 0.579. The maximum atomic E-state index is 12.0. The fourth-order valence-corrected chi connectivity index (χ4v) is 3.14. The summed E-state index contributed by atoms with van der Waals surface area (Å²) in [5, 5.41) is 2.45. The van der Waals surface area contributed by atoms with E-state index in [4.69, 9.17) is 0 Å². The van der Waals surface area contributed by atoms with Crippen molar-refractivity contribution >= 4 is 11.8 Å². The first-order valence-corrected chi connectivity index (χ1v) is 8.54. The van der Waals surface area contributed by atoms with Crippen LogP contribution in [0.4, 0.5) is 0 Å². The summed E-state index contributed by atoms with van der Waals surface area (Å²) in [4.78, 5) is 25.4. The predicted octanol–water partition coefficient (Wildman–Crippen LogP) is 3.13. The first-order chi connectivity index (χ1) is 10.8. The molecule has 2 amide bonds. The minimum Gasteiger partial charge on any atom is -0.295 e. The molecule has 1 aromatic rings. The molecule has 1 saturated heterocycles. The lowest BCUT2D eigenvalue weighted by Gasteiger charge is -2.29. The van der Waals surface area contributed by atoms with Gasteiger partial charge in [0.2, 0.25) is 11.8 Å². The lowest BCUT2D eigenvalue weighted by Crippen LogP contribution is -2.50. The van der Waals surface area contributed by atoms with Crippen molar-refractivity contribution in [2.24, 2.45) is 0 Å². The first-order valence-electron chi connectivity index (χ1n) is 8.54. The summed E-state index contributed by atoms with van der Waals surface area (Å²) in [6, 6.07) is 6.46. The molecule has 0 spiro atoms. The van der Waals surface area contributed by atoms with Crippen LogP contribution in [0.15, 0.2) is 18.2 Å². The van der Waals surface area contributed by atoms with E-state index in [0.29, 0.717) is 12.8 Å². The van der Waals surface area contributed by atoms with E-state index in [-0.39, 0.29) is 23.3 Å². The zero-order valence-corrected chi connectivity index (χ0v) is 14.9. The van der Waals surface area contributed by atoms with E-state index in [1.54, 1.807) is 0 Å². The Morgan fingerprint density at radius 2 is 1.74 bits per heavy atom. The topological polar surface area (TPSA) is 49.4 Å². The number of amides is 2. The summed E-state index contributed by atoms with van der Waals surface area (Å²) in [6.45, 7) is 12.2. The Hall–Kier alpha value is -1.68. The van der Waals surface area contributed by atoms with E-state index in [9.17, 15) is 9.59 Å². The molecule has 2 aliphatic rings. The normalized spacial score (nSPS) is 21.3. The molecule has 0 saturated carbocycles. The largest absolute Gasteiger partial charge is 0.295 e. The van der Waals surface area contributed by atoms with E-state index in [0.717, 1.165) is 13.1 Å². The number of hydrogen-bond donors (Lipinski definition) is 1. The summed E-state index contributed by atoms with van der Waals surface area (Å²) in [5.74, 6) is -0.293. The first kappa shape index (κ1) is 17.7. The molecular weight excluding hydrogens is 288 g/mol. The summed E-state index contributed by atoms with van der Waals surface area (Å²) in [5.41, 5.74) is 4.07. The van der Waals surface area contributed by atoms with Crippen molar-refractivity contribution < 1.29 is 9.59 Å². The van der Waals surface area contributed by atoms with E-state index < -0.39 is 0 Å². The average molecular weight is 316 g/mol. The Morgan fingerprint density at radius 1 is 1.09 bits per heavy atom. The van der Waals surface area contributed by atoms with E-state index in [2.05, 4.69) is 49.2 Å². The summed E-state index contributed by atoms with van der Waals surface area (Å²) < 4.78 is 0. The maximum Gasteiger partial charge on any atom is 0.243 e. The van der Waals surface area contributed by atoms with Crippen molar-refractivity contribution in [3.8, 4) is 0 Å². The van der Waals surface area contributed by atoms with Gasteiger partial charge >= 0.3 is 0 Å². The van der Waals surface area contributed by atoms with Gasteiger partial charge in [0.15, 0.2) is 0 Å². The monoisotopic (exact) mass is 316 g/mol. The zero-order valence-electron chi connectivity index (χ0n) is 14.9. The van der Waals surface area contributed by atoms with Crippen LogP contribution in [0, 0.1) is 0 Å². The minimum atomic E-state index is -0.173. The van der Waals surface area contributed by atoms with Crippen LogP contribution in [0.25, 0.3) is 0 Å². The standard InChI is InChI=1S/C17H22N2O2.C2H6/c1-17(2,3)13-5-4-11-9-19(10-12(11)8-13)14-6-7-15(20)18-16(14)21;1-2/h4-5,8,14H,6-7,9-10H2,1-3H3,(H,18,20,21);1-2H3. The van der Waals surface area contributed by atoms with Crippen LogP contribution in [0.2, 0.25) is 0 Å². The van der Waals surface area contributed by atoms with Gasteiger partial charge in [-0.3, -0.25) is 19.8 Å². The number of nitrogens with one attached hydrogen (secondary N) is 1. The summed E-state index contributed by atoms with van der Waals surface area (Å²) >= 11 is 0. The molecule has 4 heteroatoms. The third-order valence-corrected chi connectivity index (χ3v) is 4.47. The van der Waals surface area contributed by atoms with Gasteiger partial charge in [-0.2, -0.15) is 0 Å². The molecule has 0 radical (unpaired) electrons. The van der Waals surface area contributed by atoms with E-state index in [1.807, 2.05) is 13.8 Å². The van der Waals surface area contributed by atoms with Gasteiger partial charge in [0.1, 0.15) is 0 Å². The van der Waals surface area contributed by atoms with Gasteiger partial charge in [-0.1, -0.05) is 52.8 Å². The number of imide groups is 1. The van der Waals surface area contributed by atoms with Gasteiger partial charge in [0, 0.05) is 19.5 Å². The molecule has 0 aromatic heterocycles. The van der Waals surface area contributed by atoms with Crippen molar-refractivity contribution in [2.75, 3.05) is 0 Å². The van der Waals surface area contributed by atoms with Gasteiger partial charge in [-0.15, -0.1) is 0 Å². The summed E-state index contributed by atoms with van der Waals surface area (Å²) in [6.07, 6.45) is 1.07. The molecule has 0 bridgehead atoms. The van der Waals surface area contributed by atoms with Gasteiger partial charge in [-0.05, 0) is 28.5 Å². The predicted molar refractivity (Wildman–Crippen MR) is 91.9 cm³/mol. The molecule has 2 aliphatic heterocycles. The molecule has 126 valence electrons. The highest BCUT2D eigenvalue weighted by molar-refractivity contribution is 6.00. The fourth-order valence-electron chi connectivity index (χ4n) is 3.14. The Balaban J connectivity index is 0.000000924. The van der Waals surface area contributed by atoms with E-state index in [1.165, 1.54) is 16.7 Å². The smallest absolute Gasteiger partial charge is 0.243 e. The van der Waals surface area contributed by atoms with Crippen LogP contribution in [-0.2, 0) is 28.1 Å². The third-order valence-electron chi connectivity index (χ3n) is 4.47.